The third-order valence-corrected chi connectivity index (χ3v) is 7.68. The Bertz CT molecular complexity index is 902. The number of hydrogen-bond acceptors (Lipinski definition) is 6. The first-order valence-electron chi connectivity index (χ1n) is 14.9. The average Bonchev–Trinajstić information content (AvgIpc) is 3.24. The van der Waals surface area contributed by atoms with E-state index in [9.17, 15) is 9.59 Å². The van der Waals surface area contributed by atoms with Crippen molar-refractivity contribution in [2.45, 2.75) is 116 Å². The van der Waals surface area contributed by atoms with Crippen molar-refractivity contribution in [3.63, 3.8) is 0 Å². The number of ether oxygens (including phenoxy) is 2. The van der Waals surface area contributed by atoms with Crippen LogP contribution in [0, 0.1) is 0 Å². The number of amides is 2. The Labute approximate surface area is 236 Å². The summed E-state index contributed by atoms with van der Waals surface area (Å²) >= 11 is 0. The molecular weight excluding hydrogens is 492 g/mol. The lowest BCUT2D eigenvalue weighted by Crippen LogP contribution is -2.41. The van der Waals surface area contributed by atoms with E-state index in [0.717, 1.165) is 64.6 Å². The van der Waals surface area contributed by atoms with Gasteiger partial charge in [0.15, 0.2) is 0 Å². The van der Waals surface area contributed by atoms with Crippen LogP contribution in [-0.4, -0.2) is 78.0 Å². The highest BCUT2D eigenvalue weighted by Crippen LogP contribution is 2.21. The Morgan fingerprint density at radius 2 is 1.41 bits per heavy atom. The van der Waals surface area contributed by atoms with E-state index in [4.69, 9.17) is 9.47 Å². The van der Waals surface area contributed by atoms with E-state index in [-0.39, 0.29) is 18.2 Å². The van der Waals surface area contributed by atoms with Crippen molar-refractivity contribution < 1.29 is 19.1 Å². The van der Waals surface area contributed by atoms with Crippen molar-refractivity contribution in [3.8, 4) is 0 Å². The zero-order valence-corrected chi connectivity index (χ0v) is 25.1. The van der Waals surface area contributed by atoms with E-state index in [2.05, 4.69) is 41.8 Å². The summed E-state index contributed by atoms with van der Waals surface area (Å²) in [6.45, 7) is 15.5. The van der Waals surface area contributed by atoms with E-state index >= 15 is 0 Å². The van der Waals surface area contributed by atoms with Crippen LogP contribution in [0.25, 0.3) is 0 Å². The van der Waals surface area contributed by atoms with Crippen LogP contribution < -0.4 is 10.6 Å². The molecule has 2 saturated heterocycles. The van der Waals surface area contributed by atoms with Crippen LogP contribution in [0.1, 0.15) is 98.1 Å². The van der Waals surface area contributed by atoms with Gasteiger partial charge in [-0.25, -0.2) is 9.59 Å². The predicted octanol–water partition coefficient (Wildman–Crippen LogP) is 5.88. The van der Waals surface area contributed by atoms with E-state index in [1.165, 1.54) is 5.56 Å². The van der Waals surface area contributed by atoms with Gasteiger partial charge >= 0.3 is 12.2 Å². The number of likely N-dealkylation sites (tertiary alicyclic amines) is 2. The van der Waals surface area contributed by atoms with Gasteiger partial charge < -0.3 is 29.9 Å². The minimum Gasteiger partial charge on any atom is -0.444 e. The number of benzene rings is 1. The second-order valence-electron chi connectivity index (χ2n) is 12.8. The van der Waals surface area contributed by atoms with E-state index in [0.29, 0.717) is 25.2 Å². The van der Waals surface area contributed by atoms with Gasteiger partial charge in [0.1, 0.15) is 11.2 Å². The monoisotopic (exact) mass is 544 g/mol. The van der Waals surface area contributed by atoms with Gasteiger partial charge in [0.25, 0.3) is 0 Å². The Kier molecular flexibility index (Phi) is 11.5. The normalized spacial score (nSPS) is 22.0. The third kappa shape index (κ3) is 11.0. The zero-order valence-electron chi connectivity index (χ0n) is 25.1. The molecule has 39 heavy (non-hydrogen) atoms. The molecule has 0 aromatic heterocycles. The number of nitrogens with zero attached hydrogens (tertiary/aromatic N) is 2. The second kappa shape index (κ2) is 14.4. The third-order valence-electron chi connectivity index (χ3n) is 7.68. The van der Waals surface area contributed by atoms with Crippen molar-refractivity contribution in [3.05, 3.63) is 35.9 Å². The first-order chi connectivity index (χ1) is 18.4. The van der Waals surface area contributed by atoms with Crippen LogP contribution in [0.4, 0.5) is 9.59 Å². The highest BCUT2D eigenvalue weighted by molar-refractivity contribution is 5.68. The summed E-state index contributed by atoms with van der Waals surface area (Å²) in [5.41, 5.74) is 0.262. The van der Waals surface area contributed by atoms with Gasteiger partial charge in [0, 0.05) is 44.3 Å². The summed E-state index contributed by atoms with van der Waals surface area (Å²) in [6.07, 6.45) is 6.12. The number of carbonyl (C=O) groups excluding carboxylic acids is 2. The van der Waals surface area contributed by atoms with Crippen LogP contribution in [-0.2, 0) is 9.47 Å². The Morgan fingerprint density at radius 3 is 2.03 bits per heavy atom. The molecule has 2 N–H and O–H groups in total. The smallest absolute Gasteiger partial charge is 0.410 e. The molecule has 2 heterocycles. The van der Waals surface area contributed by atoms with Gasteiger partial charge in [0.2, 0.25) is 0 Å². The highest BCUT2D eigenvalue weighted by Gasteiger charge is 2.29. The highest BCUT2D eigenvalue weighted by atomic mass is 16.6. The zero-order chi connectivity index (χ0) is 28.5. The molecule has 1 unspecified atom stereocenters. The van der Waals surface area contributed by atoms with Gasteiger partial charge in [0.05, 0.1) is 0 Å². The molecule has 0 bridgehead atoms. The van der Waals surface area contributed by atoms with Gasteiger partial charge in [-0.1, -0.05) is 30.3 Å². The van der Waals surface area contributed by atoms with Crippen molar-refractivity contribution in [2.75, 3.05) is 32.7 Å². The fourth-order valence-electron chi connectivity index (χ4n) is 5.38. The standard InChI is InChI=1S/C31H52N4O4/c1-24(25-12-8-7-9-13-25)33-27-15-11-21-35(23-17-27)29(37)39-31(5,6)18-19-32-26-14-10-20-34(22-16-26)28(36)38-30(2,3)4/h7-9,12-13,24,26-27,32-33H,10-11,14-23H2,1-6H3/t24-,26-,27?/m1/s1. The van der Waals surface area contributed by atoms with Crippen molar-refractivity contribution >= 4 is 12.2 Å². The fourth-order valence-corrected chi connectivity index (χ4v) is 5.38. The van der Waals surface area contributed by atoms with E-state index < -0.39 is 11.2 Å². The molecule has 8 nitrogen and oxygen atoms in total. The first-order valence-corrected chi connectivity index (χ1v) is 14.9. The molecule has 2 aliphatic rings. The Morgan fingerprint density at radius 1 is 0.846 bits per heavy atom. The van der Waals surface area contributed by atoms with Crippen molar-refractivity contribution in [1.29, 1.82) is 0 Å². The molecule has 2 amide bonds. The van der Waals surface area contributed by atoms with Gasteiger partial charge in [-0.15, -0.1) is 0 Å². The van der Waals surface area contributed by atoms with Gasteiger partial charge in [-0.3, -0.25) is 0 Å². The molecule has 3 atom stereocenters. The number of nitrogens with one attached hydrogen (secondary N) is 2. The number of rotatable bonds is 8. The maximum atomic E-state index is 13.0. The van der Waals surface area contributed by atoms with E-state index in [1.54, 1.807) is 0 Å². The molecule has 1 aromatic rings. The molecule has 2 fully saturated rings. The van der Waals surface area contributed by atoms with Gasteiger partial charge in [-0.05, 0) is 98.6 Å². The molecule has 8 heteroatoms. The van der Waals surface area contributed by atoms with Crippen LogP contribution in [0.15, 0.2) is 30.3 Å². The average molecular weight is 545 g/mol. The quantitative estimate of drug-likeness (QED) is 0.426. The lowest BCUT2D eigenvalue weighted by Gasteiger charge is -2.30. The van der Waals surface area contributed by atoms with E-state index in [1.807, 2.05) is 50.5 Å². The van der Waals surface area contributed by atoms with Crippen molar-refractivity contribution in [1.82, 2.24) is 20.4 Å². The number of carbonyl (C=O) groups is 2. The summed E-state index contributed by atoms with van der Waals surface area (Å²) < 4.78 is 11.5. The Balaban J connectivity index is 1.37. The molecule has 220 valence electrons. The minimum absolute atomic E-state index is 0.209. The maximum absolute atomic E-state index is 13.0. The van der Waals surface area contributed by atoms with Crippen molar-refractivity contribution in [2.24, 2.45) is 0 Å². The van der Waals surface area contributed by atoms with Crippen LogP contribution in [0.3, 0.4) is 0 Å². The van der Waals surface area contributed by atoms with Crippen LogP contribution in [0.2, 0.25) is 0 Å². The largest absolute Gasteiger partial charge is 0.444 e. The summed E-state index contributed by atoms with van der Waals surface area (Å²) in [6, 6.07) is 11.5. The summed E-state index contributed by atoms with van der Waals surface area (Å²) in [4.78, 5) is 29.2. The molecule has 0 aliphatic carbocycles. The summed E-state index contributed by atoms with van der Waals surface area (Å²) in [5, 5.41) is 7.38. The molecule has 0 spiro atoms. The summed E-state index contributed by atoms with van der Waals surface area (Å²) in [5.74, 6) is 0. The SMILES string of the molecule is C[C@@H](NC1CCCN(C(=O)OC(C)(C)CCN[C@@H]2CCCN(C(=O)OC(C)(C)C)CC2)CC1)c1ccccc1. The number of hydrogen-bond donors (Lipinski definition) is 2. The first kappa shape index (κ1) is 31.2. The molecular formula is C31H52N4O4. The van der Waals surface area contributed by atoms with Crippen LogP contribution >= 0.6 is 0 Å². The fraction of sp³-hybridized carbons (Fsp3) is 0.742. The lowest BCUT2D eigenvalue weighted by atomic mass is 10.0. The second-order valence-corrected chi connectivity index (χ2v) is 12.8. The lowest BCUT2D eigenvalue weighted by molar-refractivity contribution is 0.00888. The maximum Gasteiger partial charge on any atom is 0.410 e. The summed E-state index contributed by atoms with van der Waals surface area (Å²) in [7, 11) is 0. The molecule has 3 rings (SSSR count). The Hall–Kier alpha value is -2.32. The molecule has 0 radical (unpaired) electrons. The predicted molar refractivity (Wildman–Crippen MR) is 156 cm³/mol. The van der Waals surface area contributed by atoms with Crippen LogP contribution in [0.5, 0.6) is 0 Å². The minimum atomic E-state index is -0.552. The van der Waals surface area contributed by atoms with Gasteiger partial charge in [-0.2, -0.15) is 0 Å². The molecule has 2 aliphatic heterocycles. The molecule has 1 aromatic carbocycles. The topological polar surface area (TPSA) is 83.1 Å². The molecule has 0 saturated carbocycles.